The average molecular weight is 451 g/mol. The van der Waals surface area contributed by atoms with Gasteiger partial charge in [-0.1, -0.05) is 33.2 Å². The molecule has 8 heteroatoms. The third kappa shape index (κ3) is 9.32. The summed E-state index contributed by atoms with van der Waals surface area (Å²) in [5, 5.41) is 0. The van der Waals surface area contributed by atoms with Gasteiger partial charge in [0.1, 0.15) is 19.8 Å². The van der Waals surface area contributed by atoms with Crippen LogP contribution in [0.5, 0.6) is 0 Å². The summed E-state index contributed by atoms with van der Waals surface area (Å²) in [6.07, 6.45) is 0.420. The predicted octanol–water partition coefficient (Wildman–Crippen LogP) is 3.48. The van der Waals surface area contributed by atoms with Crippen LogP contribution in [0.3, 0.4) is 0 Å². The van der Waals surface area contributed by atoms with Crippen molar-refractivity contribution in [1.82, 2.24) is 0 Å². The van der Waals surface area contributed by atoms with Crippen molar-refractivity contribution in [1.29, 1.82) is 0 Å². The Morgan fingerprint density at radius 3 is 1.16 bits per heavy atom. The van der Waals surface area contributed by atoms with E-state index in [0.717, 1.165) is 0 Å². The Labute approximate surface area is 189 Å². The number of hydrogen-bond acceptors (Lipinski definition) is 8. The summed E-state index contributed by atoms with van der Waals surface area (Å²) in [6.45, 7) is 21.0. The molecule has 0 radical (unpaired) electrons. The Morgan fingerprint density at radius 1 is 0.625 bits per heavy atom. The summed E-state index contributed by atoms with van der Waals surface area (Å²) in [4.78, 5) is 48.2. The number of ether oxygens (including phenoxy) is 4. The van der Waals surface area contributed by atoms with E-state index < -0.39 is 35.2 Å². The molecule has 0 heterocycles. The number of esters is 4. The maximum atomic E-state index is 12.1. The minimum atomic E-state index is -1.22. The number of hydrogen-bond donors (Lipinski definition) is 0. The van der Waals surface area contributed by atoms with Crippen molar-refractivity contribution in [3.8, 4) is 0 Å². The Bertz CT molecular complexity index is 716. The zero-order valence-corrected chi connectivity index (χ0v) is 19.7. The molecule has 0 aliphatic heterocycles. The van der Waals surface area contributed by atoms with E-state index in [1.54, 1.807) is 0 Å². The topological polar surface area (TPSA) is 105 Å². The molecule has 0 fully saturated rings. The fraction of sp³-hybridized carbons (Fsp3) is 0.500. The monoisotopic (exact) mass is 450 g/mol. The molecule has 0 aromatic heterocycles. The number of rotatable bonds is 14. The molecule has 0 spiro atoms. The Hall–Kier alpha value is -3.16. The molecular weight excluding hydrogens is 416 g/mol. The molecule has 0 saturated heterocycles. The van der Waals surface area contributed by atoms with Crippen LogP contribution in [0.25, 0.3) is 0 Å². The van der Waals surface area contributed by atoms with Gasteiger partial charge in [-0.25, -0.2) is 19.2 Å². The predicted molar refractivity (Wildman–Crippen MR) is 119 cm³/mol. The highest BCUT2D eigenvalue weighted by Gasteiger charge is 2.43. The third-order valence-corrected chi connectivity index (χ3v) is 4.64. The van der Waals surface area contributed by atoms with Crippen LogP contribution in [0.15, 0.2) is 48.6 Å². The molecule has 0 N–H and O–H groups in total. The number of carbonyl (C=O) groups is 4. The molecule has 0 aromatic carbocycles. The molecule has 32 heavy (non-hydrogen) atoms. The smallest absolute Gasteiger partial charge is 0.333 e. The van der Waals surface area contributed by atoms with Crippen LogP contribution in [0.4, 0.5) is 0 Å². The molecule has 0 aliphatic rings. The van der Waals surface area contributed by atoms with Crippen molar-refractivity contribution in [3.05, 3.63) is 48.6 Å². The van der Waals surface area contributed by atoms with Gasteiger partial charge in [0.2, 0.25) is 0 Å². The van der Waals surface area contributed by atoms with Crippen molar-refractivity contribution >= 4 is 23.9 Å². The van der Waals surface area contributed by atoms with E-state index in [4.69, 9.17) is 18.9 Å². The van der Waals surface area contributed by atoms with Crippen LogP contribution in [0, 0.1) is 11.3 Å². The van der Waals surface area contributed by atoms with Crippen LogP contribution in [-0.4, -0.2) is 50.3 Å². The molecule has 0 bridgehead atoms. The van der Waals surface area contributed by atoms with Crippen molar-refractivity contribution < 1.29 is 38.1 Å². The highest BCUT2D eigenvalue weighted by molar-refractivity contribution is 5.88. The second-order valence-corrected chi connectivity index (χ2v) is 7.92. The largest absolute Gasteiger partial charge is 0.462 e. The molecule has 0 amide bonds. The highest BCUT2D eigenvalue weighted by atomic mass is 16.6. The third-order valence-electron chi connectivity index (χ3n) is 4.64. The van der Waals surface area contributed by atoms with Gasteiger partial charge in [0, 0.05) is 28.2 Å². The first-order valence-corrected chi connectivity index (χ1v) is 10.1. The van der Waals surface area contributed by atoms with Crippen LogP contribution < -0.4 is 0 Å². The zero-order valence-electron chi connectivity index (χ0n) is 19.7. The van der Waals surface area contributed by atoms with Crippen molar-refractivity contribution in [2.75, 3.05) is 26.4 Å². The lowest BCUT2D eigenvalue weighted by molar-refractivity contribution is -0.168. The molecule has 0 aliphatic carbocycles. The molecule has 0 aromatic rings. The van der Waals surface area contributed by atoms with E-state index in [-0.39, 0.29) is 48.7 Å². The fourth-order valence-electron chi connectivity index (χ4n) is 2.50. The van der Waals surface area contributed by atoms with Gasteiger partial charge in [-0.3, -0.25) is 0 Å². The van der Waals surface area contributed by atoms with Gasteiger partial charge >= 0.3 is 23.9 Å². The lowest BCUT2D eigenvalue weighted by Crippen LogP contribution is -2.47. The van der Waals surface area contributed by atoms with Gasteiger partial charge in [-0.2, -0.15) is 0 Å². The van der Waals surface area contributed by atoms with Crippen molar-refractivity contribution in [3.63, 3.8) is 0 Å². The van der Waals surface area contributed by atoms with E-state index >= 15 is 0 Å². The summed E-state index contributed by atoms with van der Waals surface area (Å²) in [5.41, 5.74) is -0.511. The first kappa shape index (κ1) is 28.8. The Kier molecular flexibility index (Phi) is 12.0. The normalized spacial score (nSPS) is 11.5. The summed E-state index contributed by atoms with van der Waals surface area (Å²) < 4.78 is 21.4. The van der Waals surface area contributed by atoms with Crippen LogP contribution in [-0.2, 0) is 38.1 Å². The summed E-state index contributed by atoms with van der Waals surface area (Å²) in [7, 11) is 0. The van der Waals surface area contributed by atoms with Crippen LogP contribution in [0.1, 0.15) is 41.0 Å². The minimum Gasteiger partial charge on any atom is -0.462 e. The standard InChI is InChI=1S/C24H34O8/c1-10-19(11-29-20(25)15(2)3)24(12-30-21(26)16(4)5,13-31-22(27)17(6)7)14-32-23(28)18(8)9/h19H,2,4,6,8,10-14H2,1,3,5,7,9H3. The SMILES string of the molecule is C=C(C)C(=O)OCC(CC)C(COC(=O)C(=C)C)(COC(=O)C(=C)C)COC(=O)C(=C)C. The van der Waals surface area contributed by atoms with E-state index in [2.05, 4.69) is 26.3 Å². The molecular formula is C24H34O8. The van der Waals surface area contributed by atoms with Gasteiger partial charge in [0.15, 0.2) is 0 Å². The minimum absolute atomic E-state index is 0.109. The second-order valence-electron chi connectivity index (χ2n) is 7.92. The maximum absolute atomic E-state index is 12.1. The zero-order chi connectivity index (χ0) is 25.1. The summed E-state index contributed by atoms with van der Waals surface area (Å²) in [5.74, 6) is -3.12. The summed E-state index contributed by atoms with van der Waals surface area (Å²) in [6, 6.07) is 0. The Balaban J connectivity index is 6.09. The fourth-order valence-corrected chi connectivity index (χ4v) is 2.50. The van der Waals surface area contributed by atoms with Gasteiger partial charge in [-0.15, -0.1) is 0 Å². The highest BCUT2D eigenvalue weighted by Crippen LogP contribution is 2.34. The quantitative estimate of drug-likeness (QED) is 0.225. The van der Waals surface area contributed by atoms with E-state index in [0.29, 0.717) is 6.42 Å². The van der Waals surface area contributed by atoms with Crippen molar-refractivity contribution in [2.45, 2.75) is 41.0 Å². The van der Waals surface area contributed by atoms with E-state index in [1.165, 1.54) is 27.7 Å². The molecule has 178 valence electrons. The molecule has 1 unspecified atom stereocenters. The molecule has 1 atom stereocenters. The van der Waals surface area contributed by atoms with Gasteiger partial charge < -0.3 is 18.9 Å². The lowest BCUT2D eigenvalue weighted by Gasteiger charge is -2.38. The van der Waals surface area contributed by atoms with Crippen molar-refractivity contribution in [2.24, 2.45) is 11.3 Å². The molecule has 0 rings (SSSR count). The average Bonchev–Trinajstić information content (AvgIpc) is 2.72. The molecule has 8 nitrogen and oxygen atoms in total. The second kappa shape index (κ2) is 13.3. The summed E-state index contributed by atoms with van der Waals surface area (Å²) >= 11 is 0. The van der Waals surface area contributed by atoms with E-state index in [1.807, 2.05) is 6.92 Å². The van der Waals surface area contributed by atoms with Crippen LogP contribution >= 0.6 is 0 Å². The van der Waals surface area contributed by atoms with Gasteiger partial charge in [0.05, 0.1) is 12.0 Å². The maximum Gasteiger partial charge on any atom is 0.333 e. The van der Waals surface area contributed by atoms with Crippen LogP contribution in [0.2, 0.25) is 0 Å². The Morgan fingerprint density at radius 2 is 0.906 bits per heavy atom. The van der Waals surface area contributed by atoms with E-state index in [9.17, 15) is 19.2 Å². The first-order chi connectivity index (χ1) is 14.8. The van der Waals surface area contributed by atoms with Gasteiger partial charge in [0.25, 0.3) is 0 Å². The molecule has 0 saturated carbocycles. The number of carbonyl (C=O) groups excluding carboxylic acids is 4. The van der Waals surface area contributed by atoms with Gasteiger partial charge in [-0.05, 0) is 34.1 Å². The first-order valence-electron chi connectivity index (χ1n) is 10.1. The lowest BCUT2D eigenvalue weighted by atomic mass is 9.75.